The van der Waals surface area contributed by atoms with Crippen LogP contribution < -0.4 is 4.90 Å². The molecule has 0 heterocycles. The van der Waals surface area contributed by atoms with Crippen LogP contribution in [0.4, 0.5) is 17.1 Å². The van der Waals surface area contributed by atoms with E-state index in [9.17, 15) is 0 Å². The number of hydrogen-bond acceptors (Lipinski definition) is 1. The van der Waals surface area contributed by atoms with Crippen molar-refractivity contribution in [1.82, 2.24) is 0 Å². The van der Waals surface area contributed by atoms with Crippen molar-refractivity contribution in [2.24, 2.45) is 0 Å². The molecule has 0 amide bonds. The van der Waals surface area contributed by atoms with Gasteiger partial charge in [0.2, 0.25) is 0 Å². The number of fused-ring (bicyclic) bond motifs is 6. The second-order valence-corrected chi connectivity index (χ2v) is 13.5. The molecule has 0 radical (unpaired) electrons. The lowest BCUT2D eigenvalue weighted by Crippen LogP contribution is -2.10. The highest BCUT2D eigenvalue weighted by Crippen LogP contribution is 2.50. The van der Waals surface area contributed by atoms with Crippen molar-refractivity contribution >= 4 is 49.4 Å². The summed E-state index contributed by atoms with van der Waals surface area (Å²) in [6.07, 6.45) is 0. The molecule has 0 saturated heterocycles. The van der Waals surface area contributed by atoms with Crippen molar-refractivity contribution in [1.29, 1.82) is 0 Å². The van der Waals surface area contributed by atoms with Crippen molar-refractivity contribution in [2.45, 2.75) is 13.8 Å². The van der Waals surface area contributed by atoms with Crippen molar-refractivity contribution in [3.63, 3.8) is 0 Å². The third-order valence-corrected chi connectivity index (χ3v) is 10.2. The van der Waals surface area contributed by atoms with E-state index in [0.29, 0.717) is 0 Å². The van der Waals surface area contributed by atoms with Gasteiger partial charge in [-0.25, -0.2) is 0 Å². The molecule has 0 N–H and O–H groups in total. The molecule has 1 nitrogen and oxygen atoms in total. The maximum absolute atomic E-state index is 2.43. The Morgan fingerprint density at radius 2 is 0.765 bits per heavy atom. The molecule has 9 aromatic carbocycles. The van der Waals surface area contributed by atoms with Gasteiger partial charge in [-0.15, -0.1) is 0 Å². The highest BCUT2D eigenvalue weighted by Gasteiger charge is 2.22. The van der Waals surface area contributed by atoms with Gasteiger partial charge in [0.1, 0.15) is 0 Å². The van der Waals surface area contributed by atoms with Crippen molar-refractivity contribution < 1.29 is 0 Å². The first-order valence-corrected chi connectivity index (χ1v) is 17.7. The zero-order valence-corrected chi connectivity index (χ0v) is 28.8. The maximum atomic E-state index is 2.43. The van der Waals surface area contributed by atoms with Gasteiger partial charge < -0.3 is 4.90 Å². The van der Waals surface area contributed by atoms with E-state index in [0.717, 1.165) is 17.1 Å². The Hall–Kier alpha value is -6.44. The number of nitrogens with zero attached hydrogens (tertiary/aromatic N) is 1. The first-order chi connectivity index (χ1) is 25.1. The van der Waals surface area contributed by atoms with Crippen LogP contribution in [0.15, 0.2) is 188 Å². The summed E-state index contributed by atoms with van der Waals surface area (Å²) in [5, 5.41) is 7.54. The van der Waals surface area contributed by atoms with Crippen LogP contribution in [-0.4, -0.2) is 0 Å². The van der Waals surface area contributed by atoms with E-state index >= 15 is 0 Å². The molecule has 0 aliphatic heterocycles. The van der Waals surface area contributed by atoms with Crippen LogP contribution >= 0.6 is 0 Å². The molecule has 0 atom stereocenters. The van der Waals surface area contributed by atoms with Gasteiger partial charge in [-0.1, -0.05) is 157 Å². The maximum Gasteiger partial charge on any atom is 0.0468 e. The largest absolute Gasteiger partial charge is 0.310 e. The van der Waals surface area contributed by atoms with Crippen LogP contribution in [0.5, 0.6) is 0 Å². The quantitative estimate of drug-likeness (QED) is 0.162. The molecule has 0 bridgehead atoms. The molecular formula is C50H37N. The molecule has 0 fully saturated rings. The summed E-state index contributed by atoms with van der Waals surface area (Å²) >= 11 is 0. The molecule has 9 rings (SSSR count). The zero-order valence-electron chi connectivity index (χ0n) is 28.8. The van der Waals surface area contributed by atoms with E-state index in [1.807, 2.05) is 0 Å². The van der Waals surface area contributed by atoms with Crippen LogP contribution in [0.3, 0.4) is 0 Å². The highest BCUT2D eigenvalue weighted by atomic mass is 15.1. The molecule has 242 valence electrons. The molecule has 0 aliphatic carbocycles. The van der Waals surface area contributed by atoms with E-state index in [1.54, 1.807) is 0 Å². The minimum atomic E-state index is 1.13. The standard InChI is InChI=1S/C50H37N/c1-34-22-26-39(27-23-34)51(40-28-24-35(2)25-29-40)41-30-31-44-47(32-41)42-20-12-13-21-43(42)50-48(38-18-10-5-11-19-38)45(36-14-6-3-7-15-36)33-46(49(44)50)37-16-8-4-9-17-37/h3-33H,1-2H3. The molecule has 0 aromatic heterocycles. The minimum Gasteiger partial charge on any atom is -0.310 e. The Morgan fingerprint density at radius 3 is 1.33 bits per heavy atom. The van der Waals surface area contributed by atoms with Gasteiger partial charge in [-0.3, -0.25) is 0 Å². The summed E-state index contributed by atoms with van der Waals surface area (Å²) in [7, 11) is 0. The van der Waals surface area contributed by atoms with Crippen LogP contribution in [0.25, 0.3) is 65.7 Å². The fourth-order valence-electron chi connectivity index (χ4n) is 7.71. The summed E-state index contributed by atoms with van der Waals surface area (Å²) in [6, 6.07) is 68.9. The predicted molar refractivity (Wildman–Crippen MR) is 219 cm³/mol. The van der Waals surface area contributed by atoms with Crippen molar-refractivity contribution in [3.05, 3.63) is 199 Å². The topological polar surface area (TPSA) is 3.24 Å². The highest BCUT2D eigenvalue weighted by molar-refractivity contribution is 6.33. The molecule has 9 aromatic rings. The average molecular weight is 652 g/mol. The summed E-state index contributed by atoms with van der Waals surface area (Å²) in [4.78, 5) is 2.38. The molecule has 0 unspecified atom stereocenters. The number of hydrogen-bond donors (Lipinski definition) is 0. The lowest BCUT2D eigenvalue weighted by Gasteiger charge is -2.27. The van der Waals surface area contributed by atoms with Crippen LogP contribution in [-0.2, 0) is 0 Å². The van der Waals surface area contributed by atoms with Gasteiger partial charge >= 0.3 is 0 Å². The molecule has 0 spiro atoms. The summed E-state index contributed by atoms with van der Waals surface area (Å²) in [6.45, 7) is 4.29. The van der Waals surface area contributed by atoms with Gasteiger partial charge in [-0.2, -0.15) is 0 Å². The Bertz CT molecular complexity index is 2610. The van der Waals surface area contributed by atoms with Gasteiger partial charge in [0.15, 0.2) is 0 Å². The van der Waals surface area contributed by atoms with Gasteiger partial charge in [0.05, 0.1) is 0 Å². The Morgan fingerprint density at radius 1 is 0.314 bits per heavy atom. The van der Waals surface area contributed by atoms with Crippen molar-refractivity contribution in [3.8, 4) is 33.4 Å². The summed E-state index contributed by atoms with van der Waals surface area (Å²) in [5.41, 5.74) is 13.3. The zero-order chi connectivity index (χ0) is 34.3. The molecular weight excluding hydrogens is 615 g/mol. The minimum absolute atomic E-state index is 1.13. The van der Waals surface area contributed by atoms with E-state index in [2.05, 4.69) is 207 Å². The van der Waals surface area contributed by atoms with E-state index < -0.39 is 0 Å². The van der Waals surface area contributed by atoms with Gasteiger partial charge in [0, 0.05) is 17.1 Å². The first kappa shape index (κ1) is 30.6. The first-order valence-electron chi connectivity index (χ1n) is 17.7. The smallest absolute Gasteiger partial charge is 0.0468 e. The van der Waals surface area contributed by atoms with E-state index in [1.165, 1.54) is 76.8 Å². The number of rotatable bonds is 6. The summed E-state index contributed by atoms with van der Waals surface area (Å²) in [5.74, 6) is 0. The van der Waals surface area contributed by atoms with Gasteiger partial charge in [0.25, 0.3) is 0 Å². The number of anilines is 3. The predicted octanol–water partition coefficient (Wildman–Crippen LogP) is 14.2. The monoisotopic (exact) mass is 651 g/mol. The van der Waals surface area contributed by atoms with E-state index in [-0.39, 0.29) is 0 Å². The lowest BCUT2D eigenvalue weighted by atomic mass is 9.81. The Balaban J connectivity index is 1.44. The van der Waals surface area contributed by atoms with Crippen LogP contribution in [0.2, 0.25) is 0 Å². The molecule has 1 heteroatoms. The average Bonchev–Trinajstić information content (AvgIpc) is 3.20. The fourth-order valence-corrected chi connectivity index (χ4v) is 7.71. The Kier molecular flexibility index (Phi) is 7.67. The molecule has 51 heavy (non-hydrogen) atoms. The van der Waals surface area contributed by atoms with Crippen molar-refractivity contribution in [2.75, 3.05) is 4.90 Å². The molecule has 0 aliphatic rings. The third kappa shape index (κ3) is 5.44. The summed E-state index contributed by atoms with van der Waals surface area (Å²) < 4.78 is 0. The SMILES string of the molecule is Cc1ccc(N(c2ccc(C)cc2)c2ccc3c(c2)c2ccccc2c2c(-c4ccccc4)c(-c4ccccc4)cc(-c4ccccc4)c32)cc1. The Labute approximate surface area is 299 Å². The normalized spacial score (nSPS) is 11.3. The third-order valence-electron chi connectivity index (χ3n) is 10.2. The van der Waals surface area contributed by atoms with E-state index in [4.69, 9.17) is 0 Å². The fraction of sp³-hybridized carbons (Fsp3) is 0.0400. The van der Waals surface area contributed by atoms with Crippen LogP contribution in [0, 0.1) is 13.8 Å². The second kappa shape index (κ2) is 12.8. The number of aryl methyl sites for hydroxylation is 2. The second-order valence-electron chi connectivity index (χ2n) is 13.5. The lowest BCUT2D eigenvalue weighted by molar-refractivity contribution is 1.27. The van der Waals surface area contributed by atoms with Crippen LogP contribution in [0.1, 0.15) is 11.1 Å². The number of benzene rings is 9. The van der Waals surface area contributed by atoms with Gasteiger partial charge in [-0.05, 0) is 122 Å². The molecule has 0 saturated carbocycles.